The predicted molar refractivity (Wildman–Crippen MR) is 239 cm³/mol. The number of nitrogens with zero attached hydrogens (tertiary/aromatic N) is 2. The first-order chi connectivity index (χ1) is 28.3. The van der Waals surface area contributed by atoms with Crippen LogP contribution >= 0.6 is 0 Å². The maximum atomic E-state index is 6.70. The lowest BCUT2D eigenvalue weighted by Gasteiger charge is -2.11. The Morgan fingerprint density at radius 2 is 0.737 bits per heavy atom. The average molecular weight is 727 g/mol. The topological polar surface area (TPSA) is 23.0 Å². The van der Waals surface area contributed by atoms with E-state index in [0.29, 0.717) is 0 Å². The molecule has 0 spiro atoms. The number of para-hydroxylation sites is 2. The van der Waals surface area contributed by atoms with E-state index < -0.39 is 0 Å². The van der Waals surface area contributed by atoms with Crippen molar-refractivity contribution in [3.63, 3.8) is 0 Å². The number of benzene rings is 9. The lowest BCUT2D eigenvalue weighted by atomic mass is 10.0. The molecule has 266 valence electrons. The number of fused-ring (bicyclic) bond motifs is 10. The first-order valence-electron chi connectivity index (χ1n) is 19.5. The zero-order chi connectivity index (χ0) is 37.5. The fourth-order valence-corrected chi connectivity index (χ4v) is 9.03. The van der Waals surface area contributed by atoms with Crippen LogP contribution in [0.15, 0.2) is 211 Å². The van der Waals surface area contributed by atoms with Gasteiger partial charge in [-0.2, -0.15) is 0 Å². The summed E-state index contributed by atoms with van der Waals surface area (Å²) in [4.78, 5) is 0. The number of hydrogen-bond donors (Lipinski definition) is 0. The Kier molecular flexibility index (Phi) is 6.93. The Morgan fingerprint density at radius 3 is 1.39 bits per heavy atom. The Hall–Kier alpha value is -7.62. The highest BCUT2D eigenvalue weighted by atomic mass is 16.3. The van der Waals surface area contributed by atoms with Crippen LogP contribution in [0.2, 0.25) is 0 Å². The summed E-state index contributed by atoms with van der Waals surface area (Å²) < 4.78 is 11.5. The van der Waals surface area contributed by atoms with Gasteiger partial charge < -0.3 is 13.6 Å². The van der Waals surface area contributed by atoms with Crippen LogP contribution in [0, 0.1) is 0 Å². The molecule has 3 heterocycles. The van der Waals surface area contributed by atoms with Crippen molar-refractivity contribution in [2.45, 2.75) is 0 Å². The molecule has 0 fully saturated rings. The maximum absolute atomic E-state index is 6.70. The molecule has 0 bridgehead atoms. The van der Waals surface area contributed by atoms with Crippen molar-refractivity contribution in [2.75, 3.05) is 0 Å². The average Bonchev–Trinajstić information content (AvgIpc) is 3.94. The molecule has 0 amide bonds. The second kappa shape index (κ2) is 12.5. The van der Waals surface area contributed by atoms with Gasteiger partial charge in [0, 0.05) is 43.7 Å². The van der Waals surface area contributed by atoms with Crippen LogP contribution < -0.4 is 0 Å². The van der Waals surface area contributed by atoms with Gasteiger partial charge >= 0.3 is 0 Å². The highest BCUT2D eigenvalue weighted by Crippen LogP contribution is 2.42. The van der Waals surface area contributed by atoms with Crippen molar-refractivity contribution < 1.29 is 4.42 Å². The SMILES string of the molecule is c1ccc(-c2ccc(-n3c4ccccc4c4cc(-c5ccc6c(c5)c5ccc7c8ccccc8oc7c5n6-c5ccc(-c6ccccc6)cc5)ccc43)cc2)cc1. The molecule has 0 aliphatic carbocycles. The Bertz CT molecular complexity index is 3480. The third kappa shape index (κ3) is 4.92. The third-order valence-electron chi connectivity index (χ3n) is 11.7. The fourth-order valence-electron chi connectivity index (χ4n) is 9.03. The summed E-state index contributed by atoms with van der Waals surface area (Å²) in [6.45, 7) is 0. The zero-order valence-electron chi connectivity index (χ0n) is 30.9. The molecule has 57 heavy (non-hydrogen) atoms. The zero-order valence-corrected chi connectivity index (χ0v) is 30.9. The molecule has 0 atom stereocenters. The standard InChI is InChI=1S/C54H34N2O/c1-3-11-35(12-4-1)37-19-25-41(26-20-37)55-49-17-9-7-15-43(49)47-33-39(23-31-50(47)55)40-24-32-51-48(34-40)45-29-30-46-44-16-8-10-18-52(44)57-54(46)53(45)56(51)42-27-21-38(22-28-42)36-13-5-2-6-14-36/h1-34H. The molecular weight excluding hydrogens is 693 g/mol. The molecule has 0 saturated carbocycles. The molecule has 3 nitrogen and oxygen atoms in total. The van der Waals surface area contributed by atoms with E-state index >= 15 is 0 Å². The first-order valence-corrected chi connectivity index (χ1v) is 19.5. The fraction of sp³-hybridized carbons (Fsp3) is 0. The van der Waals surface area contributed by atoms with Crippen LogP contribution in [0.5, 0.6) is 0 Å². The Morgan fingerprint density at radius 1 is 0.281 bits per heavy atom. The number of rotatable bonds is 5. The normalized spacial score (nSPS) is 11.9. The minimum absolute atomic E-state index is 0.900. The van der Waals surface area contributed by atoms with Gasteiger partial charge in [-0.25, -0.2) is 0 Å². The van der Waals surface area contributed by atoms with Crippen LogP contribution in [0.4, 0.5) is 0 Å². The summed E-state index contributed by atoms with van der Waals surface area (Å²) in [6.07, 6.45) is 0. The summed E-state index contributed by atoms with van der Waals surface area (Å²) in [5, 5.41) is 7.09. The molecule has 0 N–H and O–H groups in total. The summed E-state index contributed by atoms with van der Waals surface area (Å²) in [5.74, 6) is 0. The van der Waals surface area contributed by atoms with Gasteiger partial charge in [-0.3, -0.25) is 0 Å². The molecule has 0 aliphatic heterocycles. The van der Waals surface area contributed by atoms with Crippen molar-refractivity contribution in [2.24, 2.45) is 0 Å². The minimum atomic E-state index is 0.900. The Balaban J connectivity index is 1.03. The van der Waals surface area contributed by atoms with Gasteiger partial charge in [0.25, 0.3) is 0 Å². The van der Waals surface area contributed by atoms with Crippen molar-refractivity contribution in [1.82, 2.24) is 9.13 Å². The lowest BCUT2D eigenvalue weighted by Crippen LogP contribution is -1.94. The van der Waals surface area contributed by atoms with Crippen LogP contribution in [-0.4, -0.2) is 9.13 Å². The number of furan rings is 1. The van der Waals surface area contributed by atoms with Gasteiger partial charge in [0.05, 0.1) is 22.1 Å². The largest absolute Gasteiger partial charge is 0.454 e. The van der Waals surface area contributed by atoms with Crippen LogP contribution in [0.1, 0.15) is 0 Å². The quantitative estimate of drug-likeness (QED) is 0.173. The van der Waals surface area contributed by atoms with E-state index in [9.17, 15) is 0 Å². The van der Waals surface area contributed by atoms with E-state index in [1.807, 2.05) is 6.07 Å². The van der Waals surface area contributed by atoms with E-state index in [2.05, 4.69) is 209 Å². The predicted octanol–water partition coefficient (Wildman–Crippen LogP) is 14.8. The van der Waals surface area contributed by atoms with Gasteiger partial charge in [0.15, 0.2) is 5.58 Å². The third-order valence-corrected chi connectivity index (χ3v) is 11.7. The molecule has 0 radical (unpaired) electrons. The highest BCUT2D eigenvalue weighted by Gasteiger charge is 2.20. The summed E-state index contributed by atoms with van der Waals surface area (Å²) in [6, 6.07) is 74.4. The van der Waals surface area contributed by atoms with Gasteiger partial charge in [0.1, 0.15) is 5.58 Å². The maximum Gasteiger partial charge on any atom is 0.160 e. The molecule has 0 aliphatic rings. The highest BCUT2D eigenvalue weighted by molar-refractivity contribution is 6.22. The monoisotopic (exact) mass is 726 g/mol. The van der Waals surface area contributed by atoms with E-state index in [1.165, 1.54) is 66.0 Å². The number of hydrogen-bond acceptors (Lipinski definition) is 1. The van der Waals surface area contributed by atoms with Gasteiger partial charge in [-0.1, -0.05) is 140 Å². The Labute approximate surface area is 328 Å². The van der Waals surface area contributed by atoms with E-state index in [-0.39, 0.29) is 0 Å². The molecular formula is C54H34N2O. The molecule has 0 saturated heterocycles. The summed E-state index contributed by atoms with van der Waals surface area (Å²) in [5.41, 5.74) is 15.9. The summed E-state index contributed by atoms with van der Waals surface area (Å²) >= 11 is 0. The number of aromatic nitrogens is 2. The molecule has 3 aromatic heterocycles. The molecule has 3 heteroatoms. The van der Waals surface area contributed by atoms with Crippen LogP contribution in [0.25, 0.3) is 110 Å². The van der Waals surface area contributed by atoms with E-state index in [4.69, 9.17) is 4.42 Å². The van der Waals surface area contributed by atoms with Gasteiger partial charge in [0.2, 0.25) is 0 Å². The van der Waals surface area contributed by atoms with Crippen molar-refractivity contribution in [3.05, 3.63) is 206 Å². The van der Waals surface area contributed by atoms with Gasteiger partial charge in [-0.05, 0) is 100 Å². The van der Waals surface area contributed by atoms with E-state index in [1.54, 1.807) is 0 Å². The first kappa shape index (κ1) is 31.7. The molecule has 9 aromatic carbocycles. The second-order valence-corrected chi connectivity index (χ2v) is 14.9. The van der Waals surface area contributed by atoms with Crippen molar-refractivity contribution >= 4 is 65.6 Å². The van der Waals surface area contributed by atoms with E-state index in [0.717, 1.165) is 44.3 Å². The van der Waals surface area contributed by atoms with Crippen molar-refractivity contribution in [1.29, 1.82) is 0 Å². The van der Waals surface area contributed by atoms with Crippen LogP contribution in [-0.2, 0) is 0 Å². The van der Waals surface area contributed by atoms with Crippen LogP contribution in [0.3, 0.4) is 0 Å². The smallest absolute Gasteiger partial charge is 0.160 e. The lowest BCUT2D eigenvalue weighted by molar-refractivity contribution is 0.671. The summed E-state index contributed by atoms with van der Waals surface area (Å²) in [7, 11) is 0. The molecule has 12 aromatic rings. The minimum Gasteiger partial charge on any atom is -0.454 e. The second-order valence-electron chi connectivity index (χ2n) is 14.9. The van der Waals surface area contributed by atoms with Gasteiger partial charge in [-0.15, -0.1) is 0 Å². The molecule has 12 rings (SSSR count). The molecule has 0 unspecified atom stereocenters. The van der Waals surface area contributed by atoms with Crippen molar-refractivity contribution in [3.8, 4) is 44.8 Å².